The van der Waals surface area contributed by atoms with Gasteiger partial charge in [0, 0.05) is 11.3 Å². The second kappa shape index (κ2) is 7.87. The van der Waals surface area contributed by atoms with Crippen LogP contribution in [0.4, 0.5) is 14.5 Å². The Balaban J connectivity index is 2.17. The van der Waals surface area contributed by atoms with Gasteiger partial charge in [-0.1, -0.05) is 29.8 Å². The lowest BCUT2D eigenvalue weighted by Gasteiger charge is -2.15. The lowest BCUT2D eigenvalue weighted by molar-refractivity contribution is 0.144. The lowest BCUT2D eigenvalue weighted by Crippen LogP contribution is -2.13. The lowest BCUT2D eigenvalue weighted by atomic mass is 10.1. The monoisotopic (exact) mass is 337 g/mol. The van der Waals surface area contributed by atoms with Gasteiger partial charge < -0.3 is 14.8 Å². The van der Waals surface area contributed by atoms with Gasteiger partial charge in [-0.15, -0.1) is 0 Å². The molecule has 0 saturated carbocycles. The molecule has 2 rings (SSSR count). The minimum Gasteiger partial charge on any atom is -0.488 e. The molecule has 0 aliphatic rings. The molecule has 2 aromatic rings. The van der Waals surface area contributed by atoms with Crippen LogP contribution >= 0.6 is 12.2 Å². The summed E-state index contributed by atoms with van der Waals surface area (Å²) in [6.45, 7) is 1.90. The van der Waals surface area contributed by atoms with Gasteiger partial charge in [-0.3, -0.25) is 0 Å². The van der Waals surface area contributed by atoms with Crippen LogP contribution in [0.2, 0.25) is 0 Å². The molecule has 1 N–H and O–H groups in total. The molecule has 0 heterocycles. The van der Waals surface area contributed by atoms with Crippen LogP contribution in [0.15, 0.2) is 42.5 Å². The smallest absolute Gasteiger partial charge is 0.267 e. The van der Waals surface area contributed by atoms with Crippen LogP contribution in [0.5, 0.6) is 5.75 Å². The minimum atomic E-state index is -2.58. The molecule has 122 valence electrons. The molecule has 0 radical (unpaired) electrons. The average Bonchev–Trinajstić information content (AvgIpc) is 2.54. The zero-order valence-corrected chi connectivity index (χ0v) is 13.6. The second-order valence-corrected chi connectivity index (χ2v) is 5.28. The van der Waals surface area contributed by atoms with E-state index < -0.39 is 6.43 Å². The SMILES string of the molecule is COC(=S)Nc1ccccc1COc1ccc(C)cc1C(F)F. The number of rotatable bonds is 5. The Hall–Kier alpha value is -2.21. The largest absolute Gasteiger partial charge is 0.488 e. The van der Waals surface area contributed by atoms with E-state index in [1.54, 1.807) is 19.1 Å². The zero-order chi connectivity index (χ0) is 16.8. The molecule has 0 atom stereocenters. The van der Waals surface area contributed by atoms with Crippen molar-refractivity contribution in [3.05, 3.63) is 59.2 Å². The Morgan fingerprint density at radius 3 is 2.65 bits per heavy atom. The van der Waals surface area contributed by atoms with E-state index in [1.165, 1.54) is 13.2 Å². The number of methoxy groups -OCH3 is 1. The average molecular weight is 337 g/mol. The van der Waals surface area contributed by atoms with Crippen molar-refractivity contribution in [3.63, 3.8) is 0 Å². The van der Waals surface area contributed by atoms with Gasteiger partial charge in [0.05, 0.1) is 12.7 Å². The van der Waals surface area contributed by atoms with E-state index in [4.69, 9.17) is 21.7 Å². The van der Waals surface area contributed by atoms with Gasteiger partial charge >= 0.3 is 0 Å². The van der Waals surface area contributed by atoms with E-state index in [0.29, 0.717) is 5.69 Å². The van der Waals surface area contributed by atoms with Crippen molar-refractivity contribution in [2.75, 3.05) is 12.4 Å². The molecule has 3 nitrogen and oxygen atoms in total. The van der Waals surface area contributed by atoms with Crippen LogP contribution in [0, 0.1) is 6.92 Å². The van der Waals surface area contributed by atoms with Crippen LogP contribution < -0.4 is 10.1 Å². The third-order valence-corrected chi connectivity index (χ3v) is 3.49. The number of aryl methyl sites for hydroxylation is 1. The normalized spacial score (nSPS) is 10.5. The molecule has 0 bridgehead atoms. The number of hydrogen-bond donors (Lipinski definition) is 1. The Morgan fingerprint density at radius 1 is 1.22 bits per heavy atom. The van der Waals surface area contributed by atoms with Crippen LogP contribution in [-0.2, 0) is 11.3 Å². The second-order valence-electron chi connectivity index (χ2n) is 4.90. The van der Waals surface area contributed by atoms with E-state index in [0.717, 1.165) is 11.1 Å². The highest BCUT2D eigenvalue weighted by atomic mass is 32.1. The van der Waals surface area contributed by atoms with Crippen molar-refractivity contribution in [3.8, 4) is 5.75 Å². The van der Waals surface area contributed by atoms with Crippen molar-refractivity contribution >= 4 is 23.1 Å². The first-order valence-electron chi connectivity index (χ1n) is 6.95. The van der Waals surface area contributed by atoms with E-state index in [-0.39, 0.29) is 23.1 Å². The molecule has 0 aromatic heterocycles. The van der Waals surface area contributed by atoms with E-state index in [2.05, 4.69) is 5.32 Å². The Labute approximate surface area is 139 Å². The molecular weight excluding hydrogens is 320 g/mol. The molecule has 0 aliphatic carbocycles. The maximum atomic E-state index is 13.1. The highest BCUT2D eigenvalue weighted by Gasteiger charge is 2.15. The van der Waals surface area contributed by atoms with E-state index in [9.17, 15) is 8.78 Å². The molecule has 6 heteroatoms. The van der Waals surface area contributed by atoms with Gasteiger partial charge in [0.25, 0.3) is 11.6 Å². The number of para-hydroxylation sites is 1. The van der Waals surface area contributed by atoms with Crippen LogP contribution in [0.3, 0.4) is 0 Å². The topological polar surface area (TPSA) is 30.5 Å². The fourth-order valence-corrected chi connectivity index (χ4v) is 2.16. The molecule has 0 unspecified atom stereocenters. The summed E-state index contributed by atoms with van der Waals surface area (Å²) in [6.07, 6.45) is -2.58. The molecular formula is C17H17F2NO2S. The summed E-state index contributed by atoms with van der Waals surface area (Å²) < 4.78 is 36.7. The molecule has 2 aromatic carbocycles. The summed E-state index contributed by atoms with van der Waals surface area (Å²) in [5.74, 6) is 0.176. The van der Waals surface area contributed by atoms with E-state index in [1.807, 2.05) is 24.3 Å². The summed E-state index contributed by atoms with van der Waals surface area (Å²) in [5, 5.41) is 3.15. The predicted molar refractivity (Wildman–Crippen MR) is 90.1 cm³/mol. The first-order valence-corrected chi connectivity index (χ1v) is 7.36. The number of thiocarbonyl (C=S) groups is 1. The van der Waals surface area contributed by atoms with Crippen molar-refractivity contribution < 1.29 is 18.3 Å². The third kappa shape index (κ3) is 4.63. The fraction of sp³-hybridized carbons (Fsp3) is 0.235. The van der Waals surface area contributed by atoms with Crippen LogP contribution in [0.1, 0.15) is 23.1 Å². The highest BCUT2D eigenvalue weighted by Crippen LogP contribution is 2.31. The van der Waals surface area contributed by atoms with Crippen molar-refractivity contribution in [1.82, 2.24) is 0 Å². The van der Waals surface area contributed by atoms with Gasteiger partial charge in [-0.2, -0.15) is 0 Å². The summed E-state index contributed by atoms with van der Waals surface area (Å²) in [4.78, 5) is 0. The first kappa shape index (κ1) is 17.1. The third-order valence-electron chi connectivity index (χ3n) is 3.22. The Bertz CT molecular complexity index is 692. The maximum Gasteiger partial charge on any atom is 0.267 e. The van der Waals surface area contributed by atoms with Gasteiger partial charge in [0.1, 0.15) is 12.4 Å². The van der Waals surface area contributed by atoms with Crippen molar-refractivity contribution in [1.29, 1.82) is 0 Å². The molecule has 0 saturated heterocycles. The summed E-state index contributed by atoms with van der Waals surface area (Å²) in [5.41, 5.74) is 2.15. The standard InChI is InChI=1S/C17H17F2NO2S/c1-11-7-8-15(13(9-11)16(18)19)22-10-12-5-3-4-6-14(12)20-17(23)21-2/h3-9,16H,10H2,1-2H3,(H,20,23). The zero-order valence-electron chi connectivity index (χ0n) is 12.8. The number of ether oxygens (including phenoxy) is 2. The minimum absolute atomic E-state index is 0.108. The highest BCUT2D eigenvalue weighted by molar-refractivity contribution is 7.80. The fourth-order valence-electron chi connectivity index (χ4n) is 2.05. The number of halogens is 2. The Kier molecular flexibility index (Phi) is 5.87. The number of nitrogens with one attached hydrogen (secondary N) is 1. The summed E-state index contributed by atoms with van der Waals surface area (Å²) in [7, 11) is 1.47. The van der Waals surface area contributed by atoms with Gasteiger partial charge in [0.2, 0.25) is 0 Å². The van der Waals surface area contributed by atoms with Gasteiger partial charge in [-0.25, -0.2) is 8.78 Å². The molecule has 23 heavy (non-hydrogen) atoms. The first-order chi connectivity index (χ1) is 11.0. The number of alkyl halides is 2. The van der Waals surface area contributed by atoms with Crippen molar-refractivity contribution in [2.45, 2.75) is 20.0 Å². The molecule has 0 spiro atoms. The van der Waals surface area contributed by atoms with E-state index >= 15 is 0 Å². The number of benzene rings is 2. The predicted octanol–water partition coefficient (Wildman–Crippen LogP) is 4.85. The summed E-state index contributed by atoms with van der Waals surface area (Å²) >= 11 is 4.97. The Morgan fingerprint density at radius 2 is 1.96 bits per heavy atom. The maximum absolute atomic E-state index is 13.1. The number of hydrogen-bond acceptors (Lipinski definition) is 3. The molecule has 0 fully saturated rings. The van der Waals surface area contributed by atoms with Crippen LogP contribution in [-0.4, -0.2) is 12.3 Å². The van der Waals surface area contributed by atoms with Crippen molar-refractivity contribution in [2.24, 2.45) is 0 Å². The number of anilines is 1. The molecule has 0 aliphatic heterocycles. The quantitative estimate of drug-likeness (QED) is 0.790. The molecule has 0 amide bonds. The van der Waals surface area contributed by atoms with Gasteiger partial charge in [-0.05, 0) is 37.3 Å². The van der Waals surface area contributed by atoms with Gasteiger partial charge in [0.15, 0.2) is 0 Å². The van der Waals surface area contributed by atoms with Crippen LogP contribution in [0.25, 0.3) is 0 Å². The summed E-state index contributed by atoms with van der Waals surface area (Å²) in [6, 6.07) is 12.1.